The van der Waals surface area contributed by atoms with Gasteiger partial charge in [0.2, 0.25) is 5.91 Å². The molecule has 1 aliphatic heterocycles. The number of hydrogen-bond donors (Lipinski definition) is 1. The van der Waals surface area contributed by atoms with E-state index in [-0.39, 0.29) is 24.8 Å². The van der Waals surface area contributed by atoms with E-state index in [0.29, 0.717) is 30.8 Å². The Labute approximate surface area is 165 Å². The summed E-state index contributed by atoms with van der Waals surface area (Å²) in [6.07, 6.45) is 6.10. The molecule has 0 saturated heterocycles. The highest BCUT2D eigenvalue weighted by Gasteiger charge is 2.30. The lowest BCUT2D eigenvalue weighted by Gasteiger charge is -2.17. The van der Waals surface area contributed by atoms with Crippen LogP contribution in [0.5, 0.6) is 5.75 Å². The van der Waals surface area contributed by atoms with Crippen LogP contribution in [0.3, 0.4) is 0 Å². The van der Waals surface area contributed by atoms with Crippen molar-refractivity contribution in [2.24, 2.45) is 0 Å². The Bertz CT molecular complexity index is 891. The molecule has 28 heavy (non-hydrogen) atoms. The van der Waals surface area contributed by atoms with Crippen LogP contribution in [-0.2, 0) is 11.2 Å². The van der Waals surface area contributed by atoms with Gasteiger partial charge in [-0.15, -0.1) is 6.42 Å². The Kier molecular flexibility index (Phi) is 6.13. The molecule has 1 heterocycles. The van der Waals surface area contributed by atoms with Crippen LogP contribution < -0.4 is 10.1 Å². The molecular weight excluding hydrogens is 352 g/mol. The van der Waals surface area contributed by atoms with E-state index in [1.807, 2.05) is 42.5 Å². The van der Waals surface area contributed by atoms with Crippen molar-refractivity contribution in [3.8, 4) is 18.1 Å². The zero-order valence-electron chi connectivity index (χ0n) is 15.6. The minimum atomic E-state index is -0.0967. The third-order valence-corrected chi connectivity index (χ3v) is 4.58. The predicted octanol–water partition coefficient (Wildman–Crippen LogP) is 2.87. The maximum absolute atomic E-state index is 12.4. The van der Waals surface area contributed by atoms with Crippen LogP contribution in [0, 0.1) is 12.3 Å². The second-order valence-corrected chi connectivity index (χ2v) is 6.44. The molecule has 0 unspecified atom stereocenters. The first-order valence-electron chi connectivity index (χ1n) is 9.12. The molecule has 1 N–H and O–H groups in total. The number of terminal acetylenes is 1. The van der Waals surface area contributed by atoms with Crippen LogP contribution in [0.1, 0.15) is 27.9 Å². The standard InChI is InChI=1S/C23H22N2O3/c1-3-16-28-19-10-8-18(9-11-19)12-14-24-22(26)13-15-25-17(2)20-6-4-5-7-21(20)23(25)27/h1,4-11H,2,12-16H2,(H,24,26). The Balaban J connectivity index is 1.41. The summed E-state index contributed by atoms with van der Waals surface area (Å²) in [4.78, 5) is 26.1. The van der Waals surface area contributed by atoms with Crippen molar-refractivity contribution in [3.63, 3.8) is 0 Å². The summed E-state index contributed by atoms with van der Waals surface area (Å²) in [7, 11) is 0. The van der Waals surface area contributed by atoms with E-state index in [0.717, 1.165) is 16.9 Å². The van der Waals surface area contributed by atoms with Gasteiger partial charge in [0.1, 0.15) is 12.4 Å². The first-order valence-corrected chi connectivity index (χ1v) is 9.12. The Morgan fingerprint density at radius 3 is 2.54 bits per heavy atom. The van der Waals surface area contributed by atoms with Gasteiger partial charge in [-0.1, -0.05) is 42.8 Å². The SMILES string of the molecule is C#CCOc1ccc(CCNC(=O)CCN2C(=C)c3ccccc3C2=O)cc1. The number of fused-ring (bicyclic) bond motifs is 1. The van der Waals surface area contributed by atoms with Crippen molar-refractivity contribution in [1.29, 1.82) is 0 Å². The second kappa shape index (κ2) is 8.92. The van der Waals surface area contributed by atoms with E-state index in [4.69, 9.17) is 11.2 Å². The van der Waals surface area contributed by atoms with Gasteiger partial charge >= 0.3 is 0 Å². The van der Waals surface area contributed by atoms with Gasteiger partial charge in [-0.25, -0.2) is 0 Å². The molecule has 5 nitrogen and oxygen atoms in total. The minimum absolute atomic E-state index is 0.0921. The molecular formula is C23H22N2O3. The highest BCUT2D eigenvalue weighted by molar-refractivity contribution is 6.08. The molecule has 0 spiro atoms. The lowest BCUT2D eigenvalue weighted by Crippen LogP contribution is -2.31. The fraction of sp³-hybridized carbons (Fsp3) is 0.217. The number of nitrogens with one attached hydrogen (secondary N) is 1. The van der Waals surface area contributed by atoms with Crippen LogP contribution in [0.2, 0.25) is 0 Å². The van der Waals surface area contributed by atoms with Gasteiger partial charge in [-0.2, -0.15) is 0 Å². The van der Waals surface area contributed by atoms with Crippen molar-refractivity contribution >= 4 is 17.5 Å². The molecule has 3 rings (SSSR count). The second-order valence-electron chi connectivity index (χ2n) is 6.44. The molecule has 2 amide bonds. The van der Waals surface area contributed by atoms with Crippen LogP contribution >= 0.6 is 0 Å². The number of rotatable bonds is 8. The number of benzene rings is 2. The maximum atomic E-state index is 12.4. The van der Waals surface area contributed by atoms with Crippen molar-refractivity contribution < 1.29 is 14.3 Å². The van der Waals surface area contributed by atoms with E-state index in [1.165, 1.54) is 0 Å². The van der Waals surface area contributed by atoms with Gasteiger partial charge in [-0.05, 0) is 30.2 Å². The summed E-state index contributed by atoms with van der Waals surface area (Å²) < 4.78 is 5.33. The van der Waals surface area contributed by atoms with Gasteiger partial charge in [-0.3, -0.25) is 9.59 Å². The molecule has 142 valence electrons. The zero-order valence-corrected chi connectivity index (χ0v) is 15.6. The third kappa shape index (κ3) is 4.41. The van der Waals surface area contributed by atoms with Crippen molar-refractivity contribution in [2.45, 2.75) is 12.8 Å². The van der Waals surface area contributed by atoms with Gasteiger partial charge in [0.25, 0.3) is 5.91 Å². The summed E-state index contributed by atoms with van der Waals surface area (Å²) >= 11 is 0. The number of nitrogens with zero attached hydrogens (tertiary/aromatic N) is 1. The average Bonchev–Trinajstić information content (AvgIpc) is 2.96. The molecule has 0 bridgehead atoms. The zero-order chi connectivity index (χ0) is 19.9. The molecule has 2 aromatic rings. The monoisotopic (exact) mass is 374 g/mol. The van der Waals surface area contributed by atoms with Gasteiger partial charge in [0.05, 0.1) is 0 Å². The van der Waals surface area contributed by atoms with E-state index in [9.17, 15) is 9.59 Å². The molecule has 1 aliphatic rings. The maximum Gasteiger partial charge on any atom is 0.258 e. The molecule has 2 aromatic carbocycles. The van der Waals surface area contributed by atoms with Gasteiger partial charge < -0.3 is 15.0 Å². The summed E-state index contributed by atoms with van der Waals surface area (Å²) in [5, 5.41) is 2.89. The van der Waals surface area contributed by atoms with Crippen LogP contribution in [0.4, 0.5) is 0 Å². The summed E-state index contributed by atoms with van der Waals surface area (Å²) in [5.41, 5.74) is 3.22. The fourth-order valence-corrected chi connectivity index (χ4v) is 3.10. The lowest BCUT2D eigenvalue weighted by atomic mass is 10.1. The average molecular weight is 374 g/mol. The summed E-state index contributed by atoms with van der Waals surface area (Å²) in [6.45, 7) is 5.07. The predicted molar refractivity (Wildman–Crippen MR) is 109 cm³/mol. The van der Waals surface area contributed by atoms with Gasteiger partial charge in [0.15, 0.2) is 0 Å². The Morgan fingerprint density at radius 2 is 1.86 bits per heavy atom. The third-order valence-electron chi connectivity index (χ3n) is 4.58. The van der Waals surface area contributed by atoms with Crippen LogP contribution in [0.25, 0.3) is 5.70 Å². The number of carbonyl (C=O) groups excluding carboxylic acids is 2. The van der Waals surface area contributed by atoms with Crippen molar-refractivity contribution in [3.05, 3.63) is 71.8 Å². The van der Waals surface area contributed by atoms with E-state index >= 15 is 0 Å². The largest absolute Gasteiger partial charge is 0.481 e. The Morgan fingerprint density at radius 1 is 1.14 bits per heavy atom. The number of hydrogen-bond acceptors (Lipinski definition) is 3. The van der Waals surface area contributed by atoms with Crippen LogP contribution in [0.15, 0.2) is 55.1 Å². The molecule has 0 radical (unpaired) electrons. The van der Waals surface area contributed by atoms with E-state index in [2.05, 4.69) is 17.8 Å². The molecule has 0 atom stereocenters. The summed E-state index contributed by atoms with van der Waals surface area (Å²) in [5.74, 6) is 2.96. The van der Waals surface area contributed by atoms with E-state index < -0.39 is 0 Å². The number of carbonyl (C=O) groups is 2. The van der Waals surface area contributed by atoms with Crippen molar-refractivity contribution in [2.75, 3.05) is 19.7 Å². The minimum Gasteiger partial charge on any atom is -0.481 e. The Hall–Kier alpha value is -3.52. The fourth-order valence-electron chi connectivity index (χ4n) is 3.10. The molecule has 0 fully saturated rings. The van der Waals surface area contributed by atoms with Gasteiger partial charge in [0, 0.05) is 36.3 Å². The topological polar surface area (TPSA) is 58.6 Å². The lowest BCUT2D eigenvalue weighted by molar-refractivity contribution is -0.121. The first-order chi connectivity index (χ1) is 13.6. The first kappa shape index (κ1) is 19.2. The van der Waals surface area contributed by atoms with Crippen molar-refractivity contribution in [1.82, 2.24) is 10.2 Å². The molecule has 0 saturated carbocycles. The molecule has 0 aromatic heterocycles. The molecule has 5 heteroatoms. The number of amides is 2. The quantitative estimate of drug-likeness (QED) is 0.723. The summed E-state index contributed by atoms with van der Waals surface area (Å²) in [6, 6.07) is 15.0. The highest BCUT2D eigenvalue weighted by Crippen LogP contribution is 2.30. The number of ether oxygens (including phenoxy) is 1. The molecule has 0 aliphatic carbocycles. The van der Waals surface area contributed by atoms with E-state index in [1.54, 1.807) is 11.0 Å². The van der Waals surface area contributed by atoms with Crippen LogP contribution in [-0.4, -0.2) is 36.4 Å². The normalized spacial score (nSPS) is 12.5. The smallest absolute Gasteiger partial charge is 0.258 e. The highest BCUT2D eigenvalue weighted by atomic mass is 16.5.